The Kier molecular flexibility index (Phi) is 7.19. The van der Waals surface area contributed by atoms with E-state index in [1.165, 1.54) is 0 Å². The van der Waals surface area contributed by atoms with Crippen molar-refractivity contribution in [2.75, 3.05) is 19.0 Å². The van der Waals surface area contributed by atoms with Crippen LogP contribution in [0.1, 0.15) is 71.4 Å². The summed E-state index contributed by atoms with van der Waals surface area (Å²) in [6.07, 6.45) is 0. The number of ether oxygens (including phenoxy) is 1. The van der Waals surface area contributed by atoms with Gasteiger partial charge in [0.2, 0.25) is 5.91 Å². The molecule has 0 atom stereocenters. The van der Waals surface area contributed by atoms with Gasteiger partial charge < -0.3 is 15.0 Å². The van der Waals surface area contributed by atoms with E-state index >= 15 is 0 Å². The molecule has 1 aromatic carbocycles. The number of carbonyl (C=O) groups is 2. The first-order valence-electron chi connectivity index (χ1n) is 10.6. The van der Waals surface area contributed by atoms with Gasteiger partial charge in [-0.15, -0.1) is 0 Å². The zero-order valence-electron chi connectivity index (χ0n) is 20.2. The second kappa shape index (κ2) is 9.12. The Labute approximate surface area is 185 Å². The summed E-state index contributed by atoms with van der Waals surface area (Å²) in [5.41, 5.74) is 0.956. The number of nitrogens with one attached hydrogen (secondary N) is 1. The number of carbonyl (C=O) groups excluding carboxylic acids is 2. The molecule has 0 spiro atoms. The first-order valence-corrected chi connectivity index (χ1v) is 10.6. The summed E-state index contributed by atoms with van der Waals surface area (Å²) in [5.74, 6) is 0.840. The summed E-state index contributed by atoms with van der Waals surface area (Å²) in [6, 6.07) is 8.66. The predicted molar refractivity (Wildman–Crippen MR) is 124 cm³/mol. The van der Waals surface area contributed by atoms with Crippen LogP contribution in [0, 0.1) is 0 Å². The molecule has 7 heteroatoms. The second-order valence-electron chi connectivity index (χ2n) is 10.1. The largest absolute Gasteiger partial charge is 0.497 e. The lowest BCUT2D eigenvalue weighted by Crippen LogP contribution is -2.42. The van der Waals surface area contributed by atoms with Crippen LogP contribution in [-0.4, -0.2) is 46.2 Å². The number of aromatic nitrogens is 2. The van der Waals surface area contributed by atoms with Gasteiger partial charge in [-0.3, -0.25) is 9.59 Å². The number of rotatable bonds is 6. The minimum absolute atomic E-state index is 0.0529. The molecule has 2 aromatic rings. The van der Waals surface area contributed by atoms with Crippen molar-refractivity contribution in [2.45, 2.75) is 72.4 Å². The van der Waals surface area contributed by atoms with Gasteiger partial charge in [-0.05, 0) is 58.9 Å². The average Bonchev–Trinajstić information content (AvgIpc) is 3.10. The van der Waals surface area contributed by atoms with Crippen LogP contribution in [0.25, 0.3) is 0 Å². The molecular weight excluding hydrogens is 392 g/mol. The lowest BCUT2D eigenvalue weighted by molar-refractivity contribution is -0.117. The molecule has 170 valence electrons. The second-order valence-corrected chi connectivity index (χ2v) is 10.1. The fourth-order valence-electron chi connectivity index (χ4n) is 3.07. The van der Waals surface area contributed by atoms with Crippen molar-refractivity contribution >= 4 is 17.6 Å². The Balaban J connectivity index is 2.24. The molecule has 0 bridgehead atoms. The Morgan fingerprint density at radius 3 is 2.13 bits per heavy atom. The van der Waals surface area contributed by atoms with E-state index in [1.807, 2.05) is 45.4 Å². The lowest BCUT2D eigenvalue weighted by atomic mass is 9.92. The number of amides is 2. The summed E-state index contributed by atoms with van der Waals surface area (Å²) in [4.78, 5) is 27.5. The first kappa shape index (κ1) is 24.4. The molecule has 0 unspecified atom stereocenters. The van der Waals surface area contributed by atoms with Gasteiger partial charge in [0.15, 0.2) is 0 Å². The van der Waals surface area contributed by atoms with Crippen LogP contribution < -0.4 is 10.1 Å². The van der Waals surface area contributed by atoms with Crippen LogP contribution >= 0.6 is 0 Å². The first-order chi connectivity index (χ1) is 14.2. The van der Waals surface area contributed by atoms with Crippen LogP contribution in [0.4, 0.5) is 5.82 Å². The third-order valence-electron chi connectivity index (χ3n) is 4.92. The number of hydrogen-bond acceptors (Lipinski definition) is 4. The molecule has 0 saturated heterocycles. The molecule has 0 aliphatic rings. The van der Waals surface area contributed by atoms with Crippen molar-refractivity contribution < 1.29 is 14.3 Å². The zero-order chi connectivity index (χ0) is 23.6. The third kappa shape index (κ3) is 6.09. The van der Waals surface area contributed by atoms with E-state index in [0.717, 1.165) is 5.69 Å². The van der Waals surface area contributed by atoms with E-state index < -0.39 is 0 Å². The molecule has 0 aliphatic heterocycles. The van der Waals surface area contributed by atoms with E-state index in [2.05, 4.69) is 26.1 Å². The summed E-state index contributed by atoms with van der Waals surface area (Å²) in [6.45, 7) is 16.1. The molecule has 0 fully saturated rings. The standard InChI is InChI=1S/C24H36N4O3/c1-16(2)27(22(30)17-10-12-18(31-9)13-11-17)15-21(29)25-20-14-19(23(3,4)5)26-28(20)24(6,7)8/h10-14,16H,15H2,1-9H3,(H,25,29). The summed E-state index contributed by atoms with van der Waals surface area (Å²) < 4.78 is 6.98. The van der Waals surface area contributed by atoms with Crippen LogP contribution in [0.3, 0.4) is 0 Å². The highest BCUT2D eigenvalue weighted by Gasteiger charge is 2.27. The normalized spacial score (nSPS) is 12.1. The molecule has 0 saturated carbocycles. The fourth-order valence-corrected chi connectivity index (χ4v) is 3.07. The van der Waals surface area contributed by atoms with Gasteiger partial charge in [-0.25, -0.2) is 4.68 Å². The van der Waals surface area contributed by atoms with Crippen molar-refractivity contribution in [2.24, 2.45) is 0 Å². The van der Waals surface area contributed by atoms with Gasteiger partial charge in [-0.2, -0.15) is 5.10 Å². The SMILES string of the molecule is COc1ccc(C(=O)N(CC(=O)Nc2cc(C(C)(C)C)nn2C(C)(C)C)C(C)C)cc1. The molecule has 31 heavy (non-hydrogen) atoms. The Morgan fingerprint density at radius 2 is 1.68 bits per heavy atom. The van der Waals surface area contributed by atoms with Crippen LogP contribution in [-0.2, 0) is 15.7 Å². The molecule has 1 heterocycles. The quantitative estimate of drug-likeness (QED) is 0.738. The van der Waals surface area contributed by atoms with Crippen LogP contribution in [0.15, 0.2) is 30.3 Å². The molecule has 0 radical (unpaired) electrons. The summed E-state index contributed by atoms with van der Waals surface area (Å²) >= 11 is 0. The molecule has 1 aromatic heterocycles. The highest BCUT2D eigenvalue weighted by Crippen LogP contribution is 2.28. The highest BCUT2D eigenvalue weighted by molar-refractivity contribution is 5.99. The van der Waals surface area contributed by atoms with Crippen molar-refractivity contribution in [1.29, 1.82) is 0 Å². The van der Waals surface area contributed by atoms with E-state index in [9.17, 15) is 9.59 Å². The van der Waals surface area contributed by atoms with E-state index in [-0.39, 0.29) is 35.4 Å². The number of methoxy groups -OCH3 is 1. The molecule has 7 nitrogen and oxygen atoms in total. The van der Waals surface area contributed by atoms with Crippen LogP contribution in [0.2, 0.25) is 0 Å². The van der Waals surface area contributed by atoms with Gasteiger partial charge in [0.05, 0.1) is 18.3 Å². The minimum atomic E-state index is -0.303. The monoisotopic (exact) mass is 428 g/mol. The van der Waals surface area contributed by atoms with E-state index in [1.54, 1.807) is 36.3 Å². The molecular formula is C24H36N4O3. The maximum absolute atomic E-state index is 13.0. The zero-order valence-corrected chi connectivity index (χ0v) is 20.2. The van der Waals surface area contributed by atoms with Crippen LogP contribution in [0.5, 0.6) is 5.75 Å². The number of anilines is 1. The third-order valence-corrected chi connectivity index (χ3v) is 4.92. The Morgan fingerprint density at radius 1 is 1.10 bits per heavy atom. The van der Waals surface area contributed by atoms with Crippen molar-refractivity contribution in [3.8, 4) is 5.75 Å². The number of nitrogens with zero attached hydrogens (tertiary/aromatic N) is 3. The lowest BCUT2D eigenvalue weighted by Gasteiger charge is -2.27. The van der Waals surface area contributed by atoms with Gasteiger partial charge >= 0.3 is 0 Å². The molecule has 2 rings (SSSR count). The van der Waals surface area contributed by atoms with E-state index in [4.69, 9.17) is 9.84 Å². The topological polar surface area (TPSA) is 76.5 Å². The average molecular weight is 429 g/mol. The van der Waals surface area contributed by atoms with Gasteiger partial charge in [-0.1, -0.05) is 20.8 Å². The van der Waals surface area contributed by atoms with Gasteiger partial charge in [0.25, 0.3) is 5.91 Å². The van der Waals surface area contributed by atoms with E-state index in [0.29, 0.717) is 17.1 Å². The predicted octanol–water partition coefficient (Wildman–Crippen LogP) is 4.43. The Bertz CT molecular complexity index is 916. The molecule has 1 N–H and O–H groups in total. The maximum atomic E-state index is 13.0. The number of hydrogen-bond donors (Lipinski definition) is 1. The Hall–Kier alpha value is -2.83. The van der Waals surface area contributed by atoms with Crippen molar-refractivity contribution in [1.82, 2.24) is 14.7 Å². The van der Waals surface area contributed by atoms with Gasteiger partial charge in [0.1, 0.15) is 18.1 Å². The summed E-state index contributed by atoms with van der Waals surface area (Å²) in [5, 5.41) is 7.70. The molecule has 2 amide bonds. The summed E-state index contributed by atoms with van der Waals surface area (Å²) in [7, 11) is 1.58. The minimum Gasteiger partial charge on any atom is -0.497 e. The maximum Gasteiger partial charge on any atom is 0.254 e. The highest BCUT2D eigenvalue weighted by atomic mass is 16.5. The smallest absolute Gasteiger partial charge is 0.254 e. The molecule has 0 aliphatic carbocycles. The number of benzene rings is 1. The van der Waals surface area contributed by atoms with Gasteiger partial charge in [0, 0.05) is 23.1 Å². The fraction of sp³-hybridized carbons (Fsp3) is 0.542. The van der Waals surface area contributed by atoms with Crippen molar-refractivity contribution in [3.05, 3.63) is 41.6 Å². The van der Waals surface area contributed by atoms with Crippen molar-refractivity contribution in [3.63, 3.8) is 0 Å².